The van der Waals surface area contributed by atoms with Crippen LogP contribution in [-0.2, 0) is 6.42 Å². The maximum Gasteiger partial charge on any atom is 0.0855 e. The van der Waals surface area contributed by atoms with E-state index in [0.717, 1.165) is 6.42 Å². The Balaban J connectivity index is 2.66. The molecule has 1 heteroatoms. The van der Waals surface area contributed by atoms with E-state index in [0.29, 0.717) is 6.04 Å². The molecule has 0 saturated carbocycles. The van der Waals surface area contributed by atoms with Crippen LogP contribution in [0.15, 0.2) is 24.3 Å². The van der Waals surface area contributed by atoms with Crippen LogP contribution >= 0.6 is 0 Å². The van der Waals surface area contributed by atoms with Gasteiger partial charge in [-0.1, -0.05) is 29.8 Å². The minimum Gasteiger partial charge on any atom is -0.355 e. The second-order valence-electron chi connectivity index (χ2n) is 3.29. The maximum absolute atomic E-state index is 3.96. The van der Waals surface area contributed by atoms with Crippen molar-refractivity contribution >= 4 is 0 Å². The first-order valence-electron chi connectivity index (χ1n) is 4.07. The summed E-state index contributed by atoms with van der Waals surface area (Å²) < 4.78 is 0. The van der Waals surface area contributed by atoms with Crippen LogP contribution in [0.3, 0.4) is 0 Å². The molecule has 0 spiro atoms. The highest BCUT2D eigenvalue weighted by atomic mass is 14.6. The Morgan fingerprint density at radius 3 is 2.27 bits per heavy atom. The van der Waals surface area contributed by atoms with Crippen LogP contribution in [-0.4, -0.2) is 6.04 Å². The number of rotatable bonds is 2. The molecule has 0 fully saturated rings. The van der Waals surface area contributed by atoms with Crippen LogP contribution in [0, 0.1) is 6.92 Å². The van der Waals surface area contributed by atoms with Gasteiger partial charge in [-0.05, 0) is 19.4 Å². The summed E-state index contributed by atoms with van der Waals surface area (Å²) in [6.07, 6.45) is 1.08. The van der Waals surface area contributed by atoms with E-state index in [1.54, 1.807) is 0 Å². The summed E-state index contributed by atoms with van der Waals surface area (Å²) in [5.41, 5.74) is 6.67. The van der Waals surface area contributed by atoms with Gasteiger partial charge < -0.3 is 5.73 Å². The number of hydrogen-bond donors (Lipinski definition) is 1. The fourth-order valence-corrected chi connectivity index (χ4v) is 1.13. The Bertz CT molecular complexity index is 211. The van der Waals surface area contributed by atoms with Crippen LogP contribution in [0.5, 0.6) is 0 Å². The van der Waals surface area contributed by atoms with Crippen molar-refractivity contribution in [2.24, 2.45) is 0 Å². The molecule has 1 unspecified atom stereocenters. The van der Waals surface area contributed by atoms with Crippen molar-refractivity contribution in [3.63, 3.8) is 0 Å². The third-order valence-electron chi connectivity index (χ3n) is 1.70. The average molecular weight is 150 g/mol. The molecule has 0 aliphatic rings. The van der Waals surface area contributed by atoms with E-state index in [1.165, 1.54) is 11.1 Å². The topological polar surface area (TPSA) is 27.6 Å². The molecule has 1 aromatic rings. The molecule has 0 aromatic heterocycles. The van der Waals surface area contributed by atoms with Crippen molar-refractivity contribution in [2.45, 2.75) is 26.3 Å². The Kier molecular flexibility index (Phi) is 2.66. The lowest BCUT2D eigenvalue weighted by Crippen LogP contribution is -2.60. The van der Waals surface area contributed by atoms with Gasteiger partial charge in [0.25, 0.3) is 0 Å². The molecule has 1 nitrogen and oxygen atoms in total. The van der Waals surface area contributed by atoms with E-state index in [1.807, 2.05) is 0 Å². The second-order valence-corrected chi connectivity index (χ2v) is 3.29. The zero-order valence-electron chi connectivity index (χ0n) is 7.30. The predicted molar refractivity (Wildman–Crippen MR) is 47.2 cm³/mol. The van der Waals surface area contributed by atoms with Crippen molar-refractivity contribution in [1.82, 2.24) is 0 Å². The molecule has 0 heterocycles. The lowest BCUT2D eigenvalue weighted by molar-refractivity contribution is -0.413. The van der Waals surface area contributed by atoms with Crippen LogP contribution in [0.25, 0.3) is 0 Å². The highest BCUT2D eigenvalue weighted by Crippen LogP contribution is 2.04. The zero-order chi connectivity index (χ0) is 8.27. The van der Waals surface area contributed by atoms with E-state index in [2.05, 4.69) is 43.8 Å². The quantitative estimate of drug-likeness (QED) is 0.655. The summed E-state index contributed by atoms with van der Waals surface area (Å²) in [6.45, 7) is 4.25. The normalized spacial score (nSPS) is 13.0. The number of quaternary nitrogens is 1. The third-order valence-corrected chi connectivity index (χ3v) is 1.70. The molecule has 0 amide bonds. The summed E-state index contributed by atoms with van der Waals surface area (Å²) in [6, 6.07) is 9.17. The summed E-state index contributed by atoms with van der Waals surface area (Å²) >= 11 is 0. The van der Waals surface area contributed by atoms with Crippen LogP contribution < -0.4 is 5.73 Å². The van der Waals surface area contributed by atoms with Gasteiger partial charge in [0.2, 0.25) is 0 Å². The molecule has 3 N–H and O–H groups in total. The molecule has 60 valence electrons. The molecule has 0 saturated heterocycles. The van der Waals surface area contributed by atoms with E-state index >= 15 is 0 Å². The molecule has 11 heavy (non-hydrogen) atoms. The fraction of sp³-hybridized carbons (Fsp3) is 0.400. The monoisotopic (exact) mass is 150 g/mol. The Labute approximate surface area is 68.2 Å². The van der Waals surface area contributed by atoms with Gasteiger partial charge in [0.15, 0.2) is 0 Å². The zero-order valence-corrected chi connectivity index (χ0v) is 7.30. The van der Waals surface area contributed by atoms with Gasteiger partial charge in [0, 0.05) is 6.42 Å². The van der Waals surface area contributed by atoms with Crippen molar-refractivity contribution in [3.05, 3.63) is 35.4 Å². The summed E-state index contributed by atoms with van der Waals surface area (Å²) in [5.74, 6) is 0. The van der Waals surface area contributed by atoms with Gasteiger partial charge in [-0.3, -0.25) is 0 Å². The molecule has 0 bridgehead atoms. The highest BCUT2D eigenvalue weighted by molar-refractivity contribution is 5.21. The highest BCUT2D eigenvalue weighted by Gasteiger charge is 1.98. The molecule has 1 rings (SSSR count). The molecule has 0 aliphatic heterocycles. The van der Waals surface area contributed by atoms with Crippen molar-refractivity contribution < 1.29 is 5.73 Å². The maximum atomic E-state index is 3.96. The first kappa shape index (κ1) is 8.28. The molecule has 0 aliphatic carbocycles. The second kappa shape index (κ2) is 3.54. The summed E-state index contributed by atoms with van der Waals surface area (Å²) in [4.78, 5) is 0. The summed E-state index contributed by atoms with van der Waals surface area (Å²) in [7, 11) is 0. The number of hydrogen-bond acceptors (Lipinski definition) is 0. The van der Waals surface area contributed by atoms with Gasteiger partial charge in [-0.25, -0.2) is 0 Å². The Hall–Kier alpha value is -0.820. The van der Waals surface area contributed by atoms with E-state index in [-0.39, 0.29) is 0 Å². The minimum absolute atomic E-state index is 0.512. The Morgan fingerprint density at radius 1 is 1.27 bits per heavy atom. The summed E-state index contributed by atoms with van der Waals surface area (Å²) in [5, 5.41) is 0. The van der Waals surface area contributed by atoms with Gasteiger partial charge in [-0.2, -0.15) is 0 Å². The largest absolute Gasteiger partial charge is 0.355 e. The smallest absolute Gasteiger partial charge is 0.0855 e. The average Bonchev–Trinajstić information content (AvgIpc) is 1.93. The van der Waals surface area contributed by atoms with Crippen molar-refractivity contribution in [1.29, 1.82) is 0 Å². The van der Waals surface area contributed by atoms with Crippen molar-refractivity contribution in [3.8, 4) is 0 Å². The number of aryl methyl sites for hydroxylation is 1. The lowest BCUT2D eigenvalue weighted by atomic mass is 10.1. The predicted octanol–water partition coefficient (Wildman–Crippen LogP) is 1.17. The van der Waals surface area contributed by atoms with Gasteiger partial charge >= 0.3 is 0 Å². The fourth-order valence-electron chi connectivity index (χ4n) is 1.13. The van der Waals surface area contributed by atoms with Gasteiger partial charge in [-0.15, -0.1) is 0 Å². The lowest BCUT2D eigenvalue weighted by Gasteiger charge is -2.01. The number of benzene rings is 1. The first-order valence-corrected chi connectivity index (χ1v) is 4.07. The SMILES string of the molecule is Cc1ccc(CC(C)[NH3+])cc1. The minimum atomic E-state index is 0.512. The standard InChI is InChI=1S/C10H15N/c1-8-3-5-10(6-4-8)7-9(2)11/h3-6,9H,7,11H2,1-2H3/p+1. The van der Waals surface area contributed by atoms with Gasteiger partial charge in [0.05, 0.1) is 6.04 Å². The van der Waals surface area contributed by atoms with E-state index < -0.39 is 0 Å². The van der Waals surface area contributed by atoms with Crippen LogP contribution in [0.4, 0.5) is 0 Å². The molecule has 1 atom stereocenters. The molecular weight excluding hydrogens is 134 g/mol. The molecule has 1 aromatic carbocycles. The third kappa shape index (κ3) is 2.72. The van der Waals surface area contributed by atoms with Crippen molar-refractivity contribution in [2.75, 3.05) is 0 Å². The van der Waals surface area contributed by atoms with E-state index in [9.17, 15) is 0 Å². The van der Waals surface area contributed by atoms with Crippen LogP contribution in [0.2, 0.25) is 0 Å². The Morgan fingerprint density at radius 2 is 1.82 bits per heavy atom. The van der Waals surface area contributed by atoms with E-state index in [4.69, 9.17) is 0 Å². The molecular formula is C10H16N+. The van der Waals surface area contributed by atoms with Gasteiger partial charge in [0.1, 0.15) is 0 Å². The first-order chi connectivity index (χ1) is 5.18. The van der Waals surface area contributed by atoms with Crippen LogP contribution in [0.1, 0.15) is 18.1 Å². The molecule has 0 radical (unpaired) electrons.